The normalized spacial score (nSPS) is 13.1. The molecule has 0 bridgehead atoms. The van der Waals surface area contributed by atoms with E-state index in [4.69, 9.17) is 19.4 Å². The van der Waals surface area contributed by atoms with E-state index in [1.807, 2.05) is 48.5 Å². The van der Waals surface area contributed by atoms with Gasteiger partial charge in [-0.3, -0.25) is 0 Å². The van der Waals surface area contributed by atoms with Crippen molar-refractivity contribution in [3.8, 4) is 62.1 Å². The maximum atomic E-state index is 6.94. The number of benzene rings is 8. The molecule has 0 N–H and O–H groups in total. The number of para-hydroxylation sites is 2. The Morgan fingerprint density at radius 2 is 1.02 bits per heavy atom. The monoisotopic (exact) mass is 756 g/mol. The van der Waals surface area contributed by atoms with Gasteiger partial charge in [0, 0.05) is 43.7 Å². The molecule has 0 unspecified atom stereocenters. The molecule has 3 aromatic heterocycles. The molecule has 59 heavy (non-hydrogen) atoms. The molecule has 0 aliphatic heterocycles. The summed E-state index contributed by atoms with van der Waals surface area (Å²) >= 11 is 0. The van der Waals surface area contributed by atoms with Crippen molar-refractivity contribution >= 4 is 43.7 Å². The minimum Gasteiger partial charge on any atom is -0.454 e. The van der Waals surface area contributed by atoms with Crippen LogP contribution in [-0.4, -0.2) is 19.5 Å². The first kappa shape index (κ1) is 33.5. The predicted molar refractivity (Wildman–Crippen MR) is 241 cm³/mol. The molecule has 12 rings (SSSR count). The third kappa shape index (κ3) is 5.08. The van der Waals surface area contributed by atoms with Crippen LogP contribution in [0.3, 0.4) is 0 Å². The molecule has 3 heterocycles. The Morgan fingerprint density at radius 1 is 0.424 bits per heavy atom. The molecule has 0 radical (unpaired) electrons. The molecule has 11 aromatic rings. The van der Waals surface area contributed by atoms with Gasteiger partial charge in [-0.05, 0) is 63.7 Å². The van der Waals surface area contributed by atoms with Gasteiger partial charge in [-0.25, -0.2) is 15.0 Å². The van der Waals surface area contributed by atoms with E-state index >= 15 is 0 Å². The average molecular weight is 757 g/mol. The first-order valence-corrected chi connectivity index (χ1v) is 20.1. The summed E-state index contributed by atoms with van der Waals surface area (Å²) in [6, 6.07) is 64.0. The molecule has 0 fully saturated rings. The minimum absolute atomic E-state index is 0.0979. The number of fused-ring (bicyclic) bond motifs is 9. The molecule has 0 spiro atoms. The minimum atomic E-state index is -0.0979. The van der Waals surface area contributed by atoms with E-state index in [1.54, 1.807) is 0 Å². The first-order valence-electron chi connectivity index (χ1n) is 20.1. The molecule has 0 saturated carbocycles. The molecule has 0 saturated heterocycles. The highest BCUT2D eigenvalue weighted by Gasteiger charge is 2.36. The summed E-state index contributed by atoms with van der Waals surface area (Å²) in [4.78, 5) is 15.4. The Labute approximate surface area is 340 Å². The largest absolute Gasteiger partial charge is 0.454 e. The second-order valence-electron chi connectivity index (χ2n) is 16.0. The third-order valence-corrected chi connectivity index (χ3v) is 12.3. The molecule has 0 atom stereocenters. The zero-order chi connectivity index (χ0) is 39.2. The fraction of sp³-hybridized carbons (Fsp3) is 0.0556. The van der Waals surface area contributed by atoms with Crippen molar-refractivity contribution in [1.29, 1.82) is 0 Å². The summed E-state index contributed by atoms with van der Waals surface area (Å²) in [6.07, 6.45) is 0. The zero-order valence-electron chi connectivity index (χ0n) is 32.5. The number of hydrogen-bond acceptors (Lipinski definition) is 4. The zero-order valence-corrected chi connectivity index (χ0v) is 32.5. The van der Waals surface area contributed by atoms with Crippen molar-refractivity contribution in [2.45, 2.75) is 19.3 Å². The molecule has 278 valence electrons. The Morgan fingerprint density at radius 3 is 1.81 bits per heavy atom. The molecular formula is C54H36N4O. The van der Waals surface area contributed by atoms with Crippen LogP contribution in [0.2, 0.25) is 0 Å². The van der Waals surface area contributed by atoms with Crippen LogP contribution in [0.4, 0.5) is 0 Å². The van der Waals surface area contributed by atoms with Gasteiger partial charge in [0.05, 0.1) is 16.7 Å². The molecule has 0 amide bonds. The number of nitrogens with zero attached hydrogens (tertiary/aromatic N) is 4. The predicted octanol–water partition coefficient (Wildman–Crippen LogP) is 13.8. The number of aromatic nitrogens is 4. The van der Waals surface area contributed by atoms with Crippen LogP contribution in [0.5, 0.6) is 0 Å². The standard InChI is InChI=1S/C54H36N4O/c1-54(2)43-23-11-9-19-37(43)41-32-47-42(31-44(41)54)38-20-10-12-24-45(38)58(47)46-25-13-21-39-49-40(22-14-26-48(49)59-50(39)46)53-56-51(35-17-7-4-8-18-35)55-52(57-53)36-29-27-34(28-30-36)33-15-5-3-6-16-33/h3-32H,1-2H3. The highest BCUT2D eigenvalue weighted by molar-refractivity contribution is 6.16. The van der Waals surface area contributed by atoms with Crippen LogP contribution in [0, 0.1) is 0 Å². The van der Waals surface area contributed by atoms with Crippen molar-refractivity contribution in [3.63, 3.8) is 0 Å². The first-order chi connectivity index (χ1) is 29.0. The summed E-state index contributed by atoms with van der Waals surface area (Å²) in [7, 11) is 0. The Hall–Kier alpha value is -7.63. The Balaban J connectivity index is 1.07. The molecular weight excluding hydrogens is 721 g/mol. The quantitative estimate of drug-likeness (QED) is 0.175. The van der Waals surface area contributed by atoms with Gasteiger partial charge < -0.3 is 8.98 Å². The van der Waals surface area contributed by atoms with Crippen molar-refractivity contribution in [2.75, 3.05) is 0 Å². The molecule has 5 heteroatoms. The van der Waals surface area contributed by atoms with Crippen LogP contribution < -0.4 is 0 Å². The van der Waals surface area contributed by atoms with Crippen molar-refractivity contribution in [3.05, 3.63) is 193 Å². The maximum absolute atomic E-state index is 6.94. The van der Waals surface area contributed by atoms with E-state index in [2.05, 4.69) is 152 Å². The van der Waals surface area contributed by atoms with Gasteiger partial charge in [-0.15, -0.1) is 0 Å². The van der Waals surface area contributed by atoms with E-state index in [-0.39, 0.29) is 5.41 Å². The van der Waals surface area contributed by atoms with Gasteiger partial charge >= 0.3 is 0 Å². The van der Waals surface area contributed by atoms with E-state index in [0.29, 0.717) is 17.5 Å². The van der Waals surface area contributed by atoms with Crippen LogP contribution in [0.15, 0.2) is 186 Å². The molecule has 5 nitrogen and oxygen atoms in total. The van der Waals surface area contributed by atoms with E-state index in [9.17, 15) is 0 Å². The lowest BCUT2D eigenvalue weighted by Gasteiger charge is -2.21. The fourth-order valence-electron chi connectivity index (χ4n) is 9.40. The van der Waals surface area contributed by atoms with Crippen molar-refractivity contribution in [1.82, 2.24) is 19.5 Å². The van der Waals surface area contributed by atoms with Crippen LogP contribution in [-0.2, 0) is 5.41 Å². The lowest BCUT2D eigenvalue weighted by Crippen LogP contribution is -2.14. The summed E-state index contributed by atoms with van der Waals surface area (Å²) in [6.45, 7) is 4.69. The van der Waals surface area contributed by atoms with Crippen LogP contribution in [0.1, 0.15) is 25.0 Å². The van der Waals surface area contributed by atoms with E-state index in [1.165, 1.54) is 33.0 Å². The topological polar surface area (TPSA) is 56.7 Å². The molecule has 1 aliphatic carbocycles. The van der Waals surface area contributed by atoms with Crippen LogP contribution in [0.25, 0.3) is 106 Å². The Kier molecular flexibility index (Phi) is 7.20. The van der Waals surface area contributed by atoms with Gasteiger partial charge in [0.2, 0.25) is 0 Å². The maximum Gasteiger partial charge on any atom is 0.164 e. The second kappa shape index (κ2) is 12.7. The van der Waals surface area contributed by atoms with Gasteiger partial charge in [0.1, 0.15) is 5.58 Å². The summed E-state index contributed by atoms with van der Waals surface area (Å²) in [5, 5.41) is 4.42. The van der Waals surface area contributed by atoms with E-state index in [0.717, 1.165) is 66.5 Å². The van der Waals surface area contributed by atoms with Gasteiger partial charge in [-0.1, -0.05) is 166 Å². The number of rotatable bonds is 5. The van der Waals surface area contributed by atoms with E-state index < -0.39 is 0 Å². The van der Waals surface area contributed by atoms with Gasteiger partial charge in [0.15, 0.2) is 23.1 Å². The number of hydrogen-bond donors (Lipinski definition) is 0. The van der Waals surface area contributed by atoms with Crippen molar-refractivity contribution < 1.29 is 4.42 Å². The highest BCUT2D eigenvalue weighted by atomic mass is 16.3. The lowest BCUT2D eigenvalue weighted by molar-refractivity contribution is 0.661. The number of furan rings is 1. The van der Waals surface area contributed by atoms with Gasteiger partial charge in [-0.2, -0.15) is 0 Å². The summed E-state index contributed by atoms with van der Waals surface area (Å²) in [5.41, 5.74) is 15.1. The lowest BCUT2D eigenvalue weighted by atomic mass is 9.82. The second-order valence-corrected chi connectivity index (χ2v) is 16.0. The smallest absolute Gasteiger partial charge is 0.164 e. The van der Waals surface area contributed by atoms with Crippen molar-refractivity contribution in [2.24, 2.45) is 0 Å². The molecule has 1 aliphatic rings. The fourth-order valence-corrected chi connectivity index (χ4v) is 9.40. The summed E-state index contributed by atoms with van der Waals surface area (Å²) < 4.78 is 9.33. The Bertz CT molecular complexity index is 3450. The average Bonchev–Trinajstić information content (AvgIpc) is 3.91. The highest BCUT2D eigenvalue weighted by Crippen LogP contribution is 2.51. The summed E-state index contributed by atoms with van der Waals surface area (Å²) in [5.74, 6) is 1.82. The molecule has 8 aromatic carbocycles. The third-order valence-electron chi connectivity index (χ3n) is 12.3. The van der Waals surface area contributed by atoms with Crippen LogP contribution >= 0.6 is 0 Å². The van der Waals surface area contributed by atoms with Gasteiger partial charge in [0.25, 0.3) is 0 Å². The SMILES string of the molecule is CC1(C)c2ccccc2-c2cc3c(cc21)c1ccccc1n3-c1cccc2c1oc1cccc(-c3nc(-c4ccccc4)nc(-c4ccc(-c5ccccc5)cc4)n3)c12.